The van der Waals surface area contributed by atoms with Crippen molar-refractivity contribution in [3.05, 3.63) is 26.6 Å². The van der Waals surface area contributed by atoms with Crippen molar-refractivity contribution >= 4 is 27.5 Å². The zero-order valence-corrected chi connectivity index (χ0v) is 14.1. The molecule has 0 atom stereocenters. The number of hydrogen-bond acceptors (Lipinski definition) is 6. The van der Waals surface area contributed by atoms with Crippen molar-refractivity contribution in [3.63, 3.8) is 0 Å². The Labute approximate surface area is 132 Å². The summed E-state index contributed by atoms with van der Waals surface area (Å²) in [5.41, 5.74) is 0.421. The predicted molar refractivity (Wildman–Crippen MR) is 87.5 cm³/mol. The van der Waals surface area contributed by atoms with E-state index in [-0.39, 0.29) is 5.56 Å². The molecular formula is C15H21N3O3S. The molecule has 2 heterocycles. The van der Waals surface area contributed by atoms with Gasteiger partial charge in [0.05, 0.1) is 18.5 Å². The van der Waals surface area contributed by atoms with Crippen LogP contribution >= 0.6 is 11.3 Å². The fourth-order valence-electron chi connectivity index (χ4n) is 2.14. The molecule has 0 radical (unpaired) electrons. The van der Waals surface area contributed by atoms with Crippen molar-refractivity contribution in [2.75, 3.05) is 13.2 Å². The van der Waals surface area contributed by atoms with E-state index in [0.29, 0.717) is 45.6 Å². The second-order valence-electron chi connectivity index (χ2n) is 5.49. The number of rotatable bonds is 6. The van der Waals surface area contributed by atoms with Crippen molar-refractivity contribution in [2.45, 2.75) is 34.2 Å². The van der Waals surface area contributed by atoms with Crippen molar-refractivity contribution in [1.82, 2.24) is 15.3 Å². The first-order valence-corrected chi connectivity index (χ1v) is 8.15. The lowest BCUT2D eigenvalue weighted by atomic mass is 10.2. The van der Waals surface area contributed by atoms with E-state index in [1.54, 1.807) is 13.8 Å². The Balaban J connectivity index is 2.34. The van der Waals surface area contributed by atoms with Gasteiger partial charge in [0.25, 0.3) is 5.56 Å². The van der Waals surface area contributed by atoms with E-state index >= 15 is 0 Å². The van der Waals surface area contributed by atoms with Gasteiger partial charge in [-0.2, -0.15) is 0 Å². The topological polar surface area (TPSA) is 84.1 Å². The number of aromatic nitrogens is 2. The maximum absolute atomic E-state index is 12.2. The Kier molecular flexibility index (Phi) is 5.31. The average Bonchev–Trinajstić information content (AvgIpc) is 2.76. The maximum Gasteiger partial charge on any atom is 0.348 e. The fourth-order valence-corrected chi connectivity index (χ4v) is 3.24. The summed E-state index contributed by atoms with van der Waals surface area (Å²) in [4.78, 5) is 32.4. The first-order chi connectivity index (χ1) is 10.4. The molecule has 2 aromatic heterocycles. The first-order valence-electron chi connectivity index (χ1n) is 7.34. The lowest BCUT2D eigenvalue weighted by Crippen LogP contribution is -2.22. The number of nitrogens with zero attached hydrogens (tertiary/aromatic N) is 1. The van der Waals surface area contributed by atoms with Gasteiger partial charge in [-0.1, -0.05) is 13.8 Å². The summed E-state index contributed by atoms with van der Waals surface area (Å²) in [5.74, 6) is 0.701. The normalized spacial score (nSPS) is 11.3. The molecule has 7 heteroatoms. The Bertz CT molecular complexity index is 733. The number of esters is 1. The van der Waals surface area contributed by atoms with E-state index in [4.69, 9.17) is 4.74 Å². The van der Waals surface area contributed by atoms with Crippen LogP contribution in [0.2, 0.25) is 0 Å². The van der Waals surface area contributed by atoms with Gasteiger partial charge in [-0.05, 0) is 31.9 Å². The number of carbonyl (C=O) groups is 1. The predicted octanol–water partition coefficient (Wildman–Crippen LogP) is 2.22. The van der Waals surface area contributed by atoms with Crippen LogP contribution < -0.4 is 10.9 Å². The molecule has 0 spiro atoms. The number of carbonyl (C=O) groups excluding carboxylic acids is 1. The number of aryl methyl sites for hydroxylation is 1. The van der Waals surface area contributed by atoms with E-state index < -0.39 is 5.97 Å². The largest absolute Gasteiger partial charge is 0.462 e. The molecule has 2 aromatic rings. The van der Waals surface area contributed by atoms with Gasteiger partial charge in [0.2, 0.25) is 0 Å². The molecule has 0 saturated heterocycles. The molecule has 0 unspecified atom stereocenters. The Hall–Kier alpha value is -1.73. The Morgan fingerprint density at radius 1 is 1.45 bits per heavy atom. The standard InChI is InChI=1S/C15H21N3O3S/c1-5-21-15(20)12-9(4)11-13(19)17-10(18-14(11)22-12)7-16-6-8(2)3/h8,16H,5-7H2,1-4H3,(H,17,18,19). The molecule has 2 rings (SSSR count). The summed E-state index contributed by atoms with van der Waals surface area (Å²) in [6, 6.07) is 0. The number of nitrogens with one attached hydrogen (secondary N) is 2. The molecule has 6 nitrogen and oxygen atoms in total. The quantitative estimate of drug-likeness (QED) is 0.796. The van der Waals surface area contributed by atoms with Crippen LogP contribution in [-0.2, 0) is 11.3 Å². The molecule has 0 aliphatic carbocycles. The highest BCUT2D eigenvalue weighted by atomic mass is 32.1. The van der Waals surface area contributed by atoms with Crippen molar-refractivity contribution in [1.29, 1.82) is 0 Å². The second kappa shape index (κ2) is 7.02. The first kappa shape index (κ1) is 16.6. The van der Waals surface area contributed by atoms with E-state index in [1.807, 2.05) is 0 Å². The van der Waals surface area contributed by atoms with Gasteiger partial charge < -0.3 is 15.0 Å². The molecule has 2 N–H and O–H groups in total. The van der Waals surface area contributed by atoms with E-state index in [1.165, 1.54) is 11.3 Å². The van der Waals surface area contributed by atoms with Crippen molar-refractivity contribution in [2.24, 2.45) is 5.92 Å². The highest BCUT2D eigenvalue weighted by Crippen LogP contribution is 2.27. The van der Waals surface area contributed by atoms with Crippen molar-refractivity contribution in [3.8, 4) is 0 Å². The molecule has 0 aliphatic rings. The van der Waals surface area contributed by atoms with Crippen LogP contribution in [0.1, 0.15) is 41.8 Å². The SMILES string of the molecule is CCOC(=O)c1sc2nc(CNCC(C)C)[nH]c(=O)c2c1C. The molecule has 0 bridgehead atoms. The third kappa shape index (κ3) is 3.53. The van der Waals surface area contributed by atoms with Crippen LogP contribution in [0.5, 0.6) is 0 Å². The number of hydrogen-bond donors (Lipinski definition) is 2. The lowest BCUT2D eigenvalue weighted by molar-refractivity contribution is 0.0531. The van der Waals surface area contributed by atoms with Crippen LogP contribution in [0.25, 0.3) is 10.2 Å². The molecule has 0 aliphatic heterocycles. The summed E-state index contributed by atoms with van der Waals surface area (Å²) >= 11 is 1.21. The van der Waals surface area contributed by atoms with Crippen LogP contribution in [0, 0.1) is 12.8 Å². The van der Waals surface area contributed by atoms with Gasteiger partial charge in [0.1, 0.15) is 15.5 Å². The van der Waals surface area contributed by atoms with Crippen LogP contribution in [0.15, 0.2) is 4.79 Å². The number of ether oxygens (including phenoxy) is 1. The van der Waals surface area contributed by atoms with Crippen LogP contribution in [-0.4, -0.2) is 29.1 Å². The molecule has 120 valence electrons. The second-order valence-corrected chi connectivity index (χ2v) is 6.49. The minimum absolute atomic E-state index is 0.212. The van der Waals surface area contributed by atoms with E-state index in [9.17, 15) is 9.59 Å². The Morgan fingerprint density at radius 2 is 2.18 bits per heavy atom. The molecule has 0 amide bonds. The van der Waals surface area contributed by atoms with Gasteiger partial charge in [0, 0.05) is 0 Å². The molecular weight excluding hydrogens is 302 g/mol. The van der Waals surface area contributed by atoms with Gasteiger partial charge in [-0.15, -0.1) is 11.3 Å². The average molecular weight is 323 g/mol. The number of fused-ring (bicyclic) bond motifs is 1. The van der Waals surface area contributed by atoms with Crippen LogP contribution in [0.4, 0.5) is 0 Å². The summed E-state index contributed by atoms with van der Waals surface area (Å²) in [7, 11) is 0. The lowest BCUT2D eigenvalue weighted by Gasteiger charge is -2.06. The van der Waals surface area contributed by atoms with Crippen molar-refractivity contribution < 1.29 is 9.53 Å². The summed E-state index contributed by atoms with van der Waals surface area (Å²) < 4.78 is 5.02. The number of thiophene rings is 1. The Morgan fingerprint density at radius 3 is 2.82 bits per heavy atom. The molecule has 0 aromatic carbocycles. The highest BCUT2D eigenvalue weighted by molar-refractivity contribution is 7.20. The maximum atomic E-state index is 12.2. The van der Waals surface area contributed by atoms with Gasteiger partial charge in [-0.25, -0.2) is 9.78 Å². The zero-order chi connectivity index (χ0) is 16.3. The van der Waals surface area contributed by atoms with E-state index in [0.717, 1.165) is 6.54 Å². The van der Waals surface area contributed by atoms with Gasteiger partial charge in [-0.3, -0.25) is 4.79 Å². The summed E-state index contributed by atoms with van der Waals surface area (Å²) in [6.07, 6.45) is 0. The number of H-pyrrole nitrogens is 1. The van der Waals surface area contributed by atoms with Gasteiger partial charge in [0.15, 0.2) is 0 Å². The fraction of sp³-hybridized carbons (Fsp3) is 0.533. The third-order valence-corrected chi connectivity index (χ3v) is 4.32. The summed E-state index contributed by atoms with van der Waals surface area (Å²) in [6.45, 7) is 9.37. The minimum atomic E-state index is -0.401. The van der Waals surface area contributed by atoms with Gasteiger partial charge >= 0.3 is 5.97 Å². The molecule has 22 heavy (non-hydrogen) atoms. The zero-order valence-electron chi connectivity index (χ0n) is 13.3. The third-order valence-electron chi connectivity index (χ3n) is 3.16. The van der Waals surface area contributed by atoms with Crippen LogP contribution in [0.3, 0.4) is 0 Å². The molecule has 0 fully saturated rings. The highest BCUT2D eigenvalue weighted by Gasteiger charge is 2.20. The summed E-state index contributed by atoms with van der Waals surface area (Å²) in [5, 5.41) is 3.71. The number of aromatic amines is 1. The monoisotopic (exact) mass is 323 g/mol. The van der Waals surface area contributed by atoms with E-state index in [2.05, 4.69) is 29.1 Å². The smallest absolute Gasteiger partial charge is 0.348 e. The minimum Gasteiger partial charge on any atom is -0.462 e. The molecule has 0 saturated carbocycles.